The molecule has 1 atom stereocenters. The Labute approximate surface area is 165 Å². The van der Waals surface area contributed by atoms with Crippen molar-refractivity contribution in [3.8, 4) is 0 Å². The molecule has 1 aromatic carbocycles. The summed E-state index contributed by atoms with van der Waals surface area (Å²) in [6.07, 6.45) is 1.64. The average Bonchev–Trinajstić information content (AvgIpc) is 3.41. The Hall–Kier alpha value is -2.74. The molecule has 2 aromatic rings. The second-order valence-electron chi connectivity index (χ2n) is 6.58. The Balaban J connectivity index is 1.77. The summed E-state index contributed by atoms with van der Waals surface area (Å²) < 4.78 is 18.2. The number of thiophene rings is 1. The summed E-state index contributed by atoms with van der Waals surface area (Å²) in [5.41, 5.74) is 1.56. The maximum Gasteiger partial charge on any atom is 0.341 e. The normalized spacial score (nSPS) is 14.4. The van der Waals surface area contributed by atoms with Crippen LogP contribution in [0.3, 0.4) is 0 Å². The Morgan fingerprint density at radius 1 is 1.29 bits per heavy atom. The van der Waals surface area contributed by atoms with E-state index in [9.17, 15) is 23.9 Å². The first-order valence-electron chi connectivity index (χ1n) is 8.97. The van der Waals surface area contributed by atoms with Gasteiger partial charge in [0.05, 0.1) is 18.1 Å². The number of carbonyl (C=O) groups is 3. The second kappa shape index (κ2) is 8.52. The van der Waals surface area contributed by atoms with Gasteiger partial charge in [-0.05, 0) is 54.3 Å². The molecule has 148 valence electrons. The number of aliphatic carboxylic acids is 1. The first kappa shape index (κ1) is 20.0. The van der Waals surface area contributed by atoms with Gasteiger partial charge in [0.15, 0.2) is 0 Å². The van der Waals surface area contributed by atoms with Gasteiger partial charge in [0.1, 0.15) is 10.8 Å². The lowest BCUT2D eigenvalue weighted by Gasteiger charge is -2.13. The van der Waals surface area contributed by atoms with Gasteiger partial charge in [-0.2, -0.15) is 0 Å². The molecule has 6 nitrogen and oxygen atoms in total. The summed E-state index contributed by atoms with van der Waals surface area (Å²) in [5.74, 6) is -3.51. The van der Waals surface area contributed by atoms with Gasteiger partial charge >= 0.3 is 11.9 Å². The Morgan fingerprint density at radius 3 is 2.54 bits per heavy atom. The van der Waals surface area contributed by atoms with E-state index < -0.39 is 29.6 Å². The molecule has 0 bridgehead atoms. The minimum Gasteiger partial charge on any atom is -0.481 e. The highest BCUT2D eigenvalue weighted by atomic mass is 32.1. The predicted molar refractivity (Wildman–Crippen MR) is 102 cm³/mol. The molecule has 1 amide bonds. The van der Waals surface area contributed by atoms with E-state index in [0.717, 1.165) is 30.5 Å². The van der Waals surface area contributed by atoms with E-state index in [1.54, 1.807) is 6.92 Å². The van der Waals surface area contributed by atoms with Crippen molar-refractivity contribution in [2.24, 2.45) is 0 Å². The van der Waals surface area contributed by atoms with Crippen LogP contribution < -0.4 is 5.32 Å². The molecule has 0 spiro atoms. The van der Waals surface area contributed by atoms with Gasteiger partial charge in [0, 0.05) is 6.42 Å². The van der Waals surface area contributed by atoms with Gasteiger partial charge in [-0.25, -0.2) is 9.18 Å². The SMILES string of the molecule is CCOC(=O)c1c(C2CC2)csc1NC(=O)C[C@@H](C(=O)O)c1ccc(F)cc1. The van der Waals surface area contributed by atoms with Gasteiger partial charge in [0.25, 0.3) is 0 Å². The van der Waals surface area contributed by atoms with Crippen LogP contribution in [0.15, 0.2) is 29.6 Å². The summed E-state index contributed by atoms with van der Waals surface area (Å²) in [7, 11) is 0. The smallest absolute Gasteiger partial charge is 0.341 e. The minimum absolute atomic E-state index is 0.220. The molecule has 0 radical (unpaired) electrons. The van der Waals surface area contributed by atoms with Crippen LogP contribution in [0.1, 0.15) is 59.5 Å². The molecule has 3 rings (SSSR count). The summed E-state index contributed by atoms with van der Waals surface area (Å²) in [6.45, 7) is 1.93. The molecule has 8 heteroatoms. The number of carbonyl (C=O) groups excluding carboxylic acids is 2. The number of rotatable bonds is 8. The Kier molecular flexibility index (Phi) is 6.08. The van der Waals surface area contributed by atoms with E-state index in [-0.39, 0.29) is 13.0 Å². The van der Waals surface area contributed by atoms with E-state index in [1.807, 2.05) is 5.38 Å². The molecular formula is C20H20FNO5S. The largest absolute Gasteiger partial charge is 0.481 e. The highest BCUT2D eigenvalue weighted by Crippen LogP contribution is 2.46. The minimum atomic E-state index is -1.18. The second-order valence-corrected chi connectivity index (χ2v) is 7.46. The van der Waals surface area contributed by atoms with E-state index in [2.05, 4.69) is 5.32 Å². The quantitative estimate of drug-likeness (QED) is 0.644. The molecule has 1 saturated carbocycles. The van der Waals surface area contributed by atoms with Gasteiger partial charge in [0.2, 0.25) is 5.91 Å². The summed E-state index contributed by atoms with van der Waals surface area (Å²) in [5, 5.41) is 14.3. The van der Waals surface area contributed by atoms with Crippen molar-refractivity contribution >= 4 is 34.2 Å². The topological polar surface area (TPSA) is 92.7 Å². The predicted octanol–water partition coefficient (Wildman–Crippen LogP) is 4.14. The summed E-state index contributed by atoms with van der Waals surface area (Å²) >= 11 is 1.23. The van der Waals surface area contributed by atoms with Crippen LogP contribution in [0.2, 0.25) is 0 Å². The van der Waals surface area contributed by atoms with Gasteiger partial charge in [-0.15, -0.1) is 11.3 Å². The molecular weight excluding hydrogens is 385 g/mol. The van der Waals surface area contributed by atoms with Crippen LogP contribution >= 0.6 is 11.3 Å². The molecule has 0 unspecified atom stereocenters. The summed E-state index contributed by atoms with van der Waals surface area (Å²) in [6, 6.07) is 5.01. The molecule has 1 heterocycles. The highest BCUT2D eigenvalue weighted by molar-refractivity contribution is 7.15. The number of ether oxygens (including phenoxy) is 1. The van der Waals surface area contributed by atoms with Gasteiger partial charge in [-0.3, -0.25) is 9.59 Å². The van der Waals surface area contributed by atoms with Crippen LogP contribution in [0, 0.1) is 5.82 Å². The molecule has 0 aliphatic heterocycles. The zero-order valence-electron chi connectivity index (χ0n) is 15.2. The maximum absolute atomic E-state index is 13.1. The van der Waals surface area contributed by atoms with Crippen molar-refractivity contribution < 1.29 is 28.6 Å². The number of benzene rings is 1. The molecule has 1 aromatic heterocycles. The number of carboxylic acids is 1. The fourth-order valence-electron chi connectivity index (χ4n) is 2.98. The van der Waals surface area contributed by atoms with E-state index in [1.165, 1.54) is 23.5 Å². The molecule has 0 saturated heterocycles. The number of amides is 1. The van der Waals surface area contributed by atoms with Gasteiger partial charge in [-0.1, -0.05) is 12.1 Å². The first-order chi connectivity index (χ1) is 13.4. The molecule has 1 fully saturated rings. The van der Waals surface area contributed by atoms with Crippen LogP contribution in [0.25, 0.3) is 0 Å². The van der Waals surface area contributed by atoms with Gasteiger partial charge < -0.3 is 15.2 Å². The zero-order valence-corrected chi connectivity index (χ0v) is 16.1. The monoisotopic (exact) mass is 405 g/mol. The van der Waals surface area contributed by atoms with Crippen molar-refractivity contribution in [1.29, 1.82) is 0 Å². The number of halogens is 1. The Morgan fingerprint density at radius 2 is 1.96 bits per heavy atom. The number of hydrogen-bond acceptors (Lipinski definition) is 5. The van der Waals surface area contributed by atoms with E-state index in [4.69, 9.17) is 4.74 Å². The van der Waals surface area contributed by atoms with Crippen molar-refractivity contribution in [3.63, 3.8) is 0 Å². The van der Waals surface area contributed by atoms with E-state index in [0.29, 0.717) is 22.0 Å². The number of nitrogens with one attached hydrogen (secondary N) is 1. The van der Waals surface area contributed by atoms with Crippen molar-refractivity contribution in [1.82, 2.24) is 0 Å². The lowest BCUT2D eigenvalue weighted by Crippen LogP contribution is -2.21. The number of hydrogen-bond donors (Lipinski definition) is 2. The fraction of sp³-hybridized carbons (Fsp3) is 0.350. The van der Waals surface area contributed by atoms with Crippen LogP contribution in [-0.2, 0) is 14.3 Å². The third kappa shape index (κ3) is 4.56. The van der Waals surface area contributed by atoms with Crippen molar-refractivity contribution in [2.45, 2.75) is 38.0 Å². The summed E-state index contributed by atoms with van der Waals surface area (Å²) in [4.78, 5) is 36.4. The first-order valence-corrected chi connectivity index (χ1v) is 9.85. The maximum atomic E-state index is 13.1. The average molecular weight is 405 g/mol. The van der Waals surface area contributed by atoms with Crippen LogP contribution in [0.5, 0.6) is 0 Å². The zero-order chi connectivity index (χ0) is 20.3. The number of esters is 1. The molecule has 28 heavy (non-hydrogen) atoms. The third-order valence-electron chi connectivity index (χ3n) is 4.53. The van der Waals surface area contributed by atoms with Crippen molar-refractivity contribution in [2.75, 3.05) is 11.9 Å². The lowest BCUT2D eigenvalue weighted by molar-refractivity contribution is -0.140. The highest BCUT2D eigenvalue weighted by Gasteiger charge is 2.33. The van der Waals surface area contributed by atoms with E-state index >= 15 is 0 Å². The number of anilines is 1. The standard InChI is InChI=1S/C20H20FNO5S/c1-2-27-20(26)17-15(12-3-4-12)10-28-18(17)22-16(23)9-14(19(24)25)11-5-7-13(21)8-6-11/h5-8,10,12,14H,2-4,9H2,1H3,(H,22,23)(H,24,25)/t14-/m1/s1. The third-order valence-corrected chi connectivity index (χ3v) is 5.44. The van der Waals surface area contributed by atoms with Crippen LogP contribution in [0.4, 0.5) is 9.39 Å². The molecule has 1 aliphatic rings. The number of carboxylic acid groups (broad SMARTS) is 1. The molecule has 1 aliphatic carbocycles. The van der Waals surface area contributed by atoms with Crippen LogP contribution in [-0.4, -0.2) is 29.6 Å². The fourth-order valence-corrected chi connectivity index (χ4v) is 4.02. The Bertz CT molecular complexity index is 889. The van der Waals surface area contributed by atoms with Crippen molar-refractivity contribution in [3.05, 3.63) is 52.2 Å². The molecule has 2 N–H and O–H groups in total. The lowest BCUT2D eigenvalue weighted by atomic mass is 9.95.